The Hall–Kier alpha value is -2.95. The van der Waals surface area contributed by atoms with E-state index in [0.29, 0.717) is 5.69 Å². The molecule has 0 aromatic heterocycles. The number of anilines is 1. The van der Waals surface area contributed by atoms with Crippen molar-refractivity contribution in [2.75, 3.05) is 5.32 Å². The van der Waals surface area contributed by atoms with Gasteiger partial charge in [0, 0.05) is 5.69 Å². The molecule has 25 heavy (non-hydrogen) atoms. The van der Waals surface area contributed by atoms with E-state index in [9.17, 15) is 18.5 Å². The lowest BCUT2D eigenvalue weighted by atomic mass is 10.1. The Balaban J connectivity index is 2.16. The summed E-state index contributed by atoms with van der Waals surface area (Å²) in [6.45, 7) is 2.04. The number of aryl methyl sites for hydroxylation is 1. The van der Waals surface area contributed by atoms with Crippen LogP contribution in [-0.2, 0) is 21.2 Å². The topological polar surface area (TPSA) is 113 Å². The highest BCUT2D eigenvalue weighted by molar-refractivity contribution is 7.89. The van der Waals surface area contributed by atoms with Crippen molar-refractivity contribution in [2.45, 2.75) is 18.2 Å². The Morgan fingerprint density at radius 1 is 1.16 bits per heavy atom. The van der Waals surface area contributed by atoms with E-state index in [-0.39, 0.29) is 10.5 Å². The predicted molar refractivity (Wildman–Crippen MR) is 95.9 cm³/mol. The lowest BCUT2D eigenvalue weighted by Crippen LogP contribution is -2.14. The van der Waals surface area contributed by atoms with Crippen LogP contribution >= 0.6 is 0 Å². The summed E-state index contributed by atoms with van der Waals surface area (Å²) in [5.74, 6) is -0.578. The van der Waals surface area contributed by atoms with Crippen LogP contribution in [0.3, 0.4) is 0 Å². The van der Waals surface area contributed by atoms with Crippen molar-refractivity contribution in [3.63, 3.8) is 0 Å². The third-order valence-corrected chi connectivity index (χ3v) is 4.43. The highest BCUT2D eigenvalue weighted by atomic mass is 32.2. The zero-order valence-corrected chi connectivity index (χ0v) is 14.4. The van der Waals surface area contributed by atoms with E-state index in [0.717, 1.165) is 17.5 Å². The van der Waals surface area contributed by atoms with Crippen LogP contribution in [0, 0.1) is 11.3 Å². The maximum atomic E-state index is 12.2. The summed E-state index contributed by atoms with van der Waals surface area (Å²) in [6, 6.07) is 14.8. The first-order chi connectivity index (χ1) is 11.8. The lowest BCUT2D eigenvalue weighted by molar-refractivity contribution is -0.112. The maximum Gasteiger partial charge on any atom is 0.266 e. The van der Waals surface area contributed by atoms with E-state index < -0.39 is 15.9 Å². The standard InChI is InChI=1S/C18H17N3O3S/c1-2-13-3-5-14(6-4-13)11-15(12-19)18(22)21-16-7-9-17(10-8-16)25(20,23)24/h3-11H,2H2,1H3,(H,21,22)(H2,20,23,24). The molecule has 2 aromatic rings. The van der Waals surface area contributed by atoms with Gasteiger partial charge in [-0.1, -0.05) is 31.2 Å². The Bertz CT molecular complexity index is 939. The highest BCUT2D eigenvalue weighted by Crippen LogP contribution is 2.15. The number of hydrogen-bond acceptors (Lipinski definition) is 4. The van der Waals surface area contributed by atoms with Crippen molar-refractivity contribution in [1.29, 1.82) is 5.26 Å². The first-order valence-corrected chi connectivity index (χ1v) is 9.03. The molecule has 3 N–H and O–H groups in total. The molecule has 0 heterocycles. The fraction of sp³-hybridized carbons (Fsp3) is 0.111. The molecule has 2 aromatic carbocycles. The second-order valence-electron chi connectivity index (χ2n) is 5.29. The fourth-order valence-electron chi connectivity index (χ4n) is 2.09. The van der Waals surface area contributed by atoms with Crippen LogP contribution in [0.5, 0.6) is 0 Å². The zero-order chi connectivity index (χ0) is 18.4. The number of hydrogen-bond donors (Lipinski definition) is 2. The number of carbonyl (C=O) groups excluding carboxylic acids is 1. The summed E-state index contributed by atoms with van der Waals surface area (Å²) >= 11 is 0. The van der Waals surface area contributed by atoms with Crippen molar-refractivity contribution in [1.82, 2.24) is 0 Å². The fourth-order valence-corrected chi connectivity index (χ4v) is 2.61. The van der Waals surface area contributed by atoms with E-state index in [1.165, 1.54) is 30.3 Å². The molecule has 0 atom stereocenters. The number of sulfonamides is 1. The quantitative estimate of drug-likeness (QED) is 0.633. The Morgan fingerprint density at radius 3 is 2.24 bits per heavy atom. The van der Waals surface area contributed by atoms with E-state index in [2.05, 4.69) is 5.32 Å². The van der Waals surface area contributed by atoms with E-state index in [4.69, 9.17) is 5.14 Å². The van der Waals surface area contributed by atoms with Crippen molar-refractivity contribution in [2.24, 2.45) is 5.14 Å². The van der Waals surface area contributed by atoms with Crippen molar-refractivity contribution in [3.05, 3.63) is 65.2 Å². The number of nitrogens with one attached hydrogen (secondary N) is 1. The van der Waals surface area contributed by atoms with Gasteiger partial charge in [0.1, 0.15) is 11.6 Å². The van der Waals surface area contributed by atoms with Crippen molar-refractivity contribution >= 4 is 27.7 Å². The molecule has 0 aliphatic rings. The van der Waals surface area contributed by atoms with Gasteiger partial charge in [-0.25, -0.2) is 13.6 Å². The van der Waals surface area contributed by atoms with Gasteiger partial charge in [-0.05, 0) is 47.9 Å². The average Bonchev–Trinajstić information content (AvgIpc) is 2.59. The predicted octanol–water partition coefficient (Wildman–Crippen LogP) is 2.44. The third kappa shape index (κ3) is 5.01. The van der Waals surface area contributed by atoms with E-state index in [1.54, 1.807) is 0 Å². The summed E-state index contributed by atoms with van der Waals surface area (Å²) in [5, 5.41) is 16.8. The van der Waals surface area contributed by atoms with Gasteiger partial charge in [0.15, 0.2) is 0 Å². The molecule has 6 nitrogen and oxygen atoms in total. The van der Waals surface area contributed by atoms with Crippen LogP contribution in [0.15, 0.2) is 59.0 Å². The van der Waals surface area contributed by atoms with Gasteiger partial charge in [0.05, 0.1) is 4.90 Å². The molecule has 0 aliphatic heterocycles. The van der Waals surface area contributed by atoms with Crippen molar-refractivity contribution in [3.8, 4) is 6.07 Å². The van der Waals surface area contributed by atoms with Gasteiger partial charge in [-0.3, -0.25) is 4.79 Å². The maximum absolute atomic E-state index is 12.2. The molecular weight excluding hydrogens is 338 g/mol. The first-order valence-electron chi connectivity index (χ1n) is 7.48. The molecule has 0 saturated carbocycles. The number of primary sulfonamides is 1. The van der Waals surface area contributed by atoms with Gasteiger partial charge >= 0.3 is 0 Å². The molecule has 0 fully saturated rings. The summed E-state index contributed by atoms with van der Waals surface area (Å²) in [7, 11) is -3.79. The lowest BCUT2D eigenvalue weighted by Gasteiger charge is -2.05. The number of nitriles is 1. The van der Waals surface area contributed by atoms with Crippen LogP contribution in [0.4, 0.5) is 5.69 Å². The average molecular weight is 355 g/mol. The first kappa shape index (κ1) is 18.4. The summed E-state index contributed by atoms with van der Waals surface area (Å²) in [5.41, 5.74) is 2.21. The second kappa shape index (κ2) is 7.75. The summed E-state index contributed by atoms with van der Waals surface area (Å²) in [4.78, 5) is 12.2. The van der Waals surface area contributed by atoms with Gasteiger partial charge in [0.2, 0.25) is 10.0 Å². The van der Waals surface area contributed by atoms with Gasteiger partial charge in [0.25, 0.3) is 5.91 Å². The molecule has 0 saturated heterocycles. The molecule has 0 aliphatic carbocycles. The molecule has 1 amide bonds. The largest absolute Gasteiger partial charge is 0.321 e. The van der Waals surface area contributed by atoms with Crippen molar-refractivity contribution < 1.29 is 13.2 Å². The minimum Gasteiger partial charge on any atom is -0.321 e. The molecule has 0 spiro atoms. The Kier molecular flexibility index (Phi) is 5.70. The molecule has 2 rings (SSSR count). The Labute approximate surface area is 146 Å². The number of benzene rings is 2. The van der Waals surface area contributed by atoms with E-state index >= 15 is 0 Å². The smallest absolute Gasteiger partial charge is 0.266 e. The number of nitrogens with zero attached hydrogens (tertiary/aromatic N) is 1. The van der Waals surface area contributed by atoms with Crippen LogP contribution in [0.2, 0.25) is 0 Å². The third-order valence-electron chi connectivity index (χ3n) is 3.50. The zero-order valence-electron chi connectivity index (χ0n) is 13.6. The van der Waals surface area contributed by atoms with Crippen LogP contribution in [0.25, 0.3) is 6.08 Å². The second-order valence-corrected chi connectivity index (χ2v) is 6.85. The van der Waals surface area contributed by atoms with Gasteiger partial charge in [-0.15, -0.1) is 0 Å². The molecule has 0 bridgehead atoms. The monoisotopic (exact) mass is 355 g/mol. The number of nitrogens with two attached hydrogens (primary N) is 1. The highest BCUT2D eigenvalue weighted by Gasteiger charge is 2.11. The Morgan fingerprint density at radius 2 is 1.76 bits per heavy atom. The van der Waals surface area contributed by atoms with E-state index in [1.807, 2.05) is 37.3 Å². The minimum atomic E-state index is -3.79. The number of amides is 1. The molecule has 0 radical (unpaired) electrons. The number of carbonyl (C=O) groups is 1. The molecule has 0 unspecified atom stereocenters. The summed E-state index contributed by atoms with van der Waals surface area (Å²) in [6.07, 6.45) is 2.40. The SMILES string of the molecule is CCc1ccc(C=C(C#N)C(=O)Nc2ccc(S(N)(=O)=O)cc2)cc1. The van der Waals surface area contributed by atoms with Crippen LogP contribution in [-0.4, -0.2) is 14.3 Å². The summed E-state index contributed by atoms with van der Waals surface area (Å²) < 4.78 is 22.4. The van der Waals surface area contributed by atoms with Gasteiger partial charge < -0.3 is 5.32 Å². The molecular formula is C18H17N3O3S. The van der Waals surface area contributed by atoms with Crippen LogP contribution < -0.4 is 10.5 Å². The van der Waals surface area contributed by atoms with Gasteiger partial charge in [-0.2, -0.15) is 5.26 Å². The number of rotatable bonds is 5. The normalized spacial score (nSPS) is 11.6. The van der Waals surface area contributed by atoms with Crippen LogP contribution in [0.1, 0.15) is 18.1 Å². The minimum absolute atomic E-state index is 0.0558. The molecule has 7 heteroatoms. The molecule has 128 valence electrons.